The van der Waals surface area contributed by atoms with E-state index in [4.69, 9.17) is 4.74 Å². The van der Waals surface area contributed by atoms with Crippen LogP contribution in [0.15, 0.2) is 30.3 Å². The molecule has 1 atom stereocenters. The number of ether oxygens (including phenoxy) is 1. The van der Waals surface area contributed by atoms with Crippen molar-refractivity contribution in [2.75, 3.05) is 25.2 Å². The second-order valence-electron chi connectivity index (χ2n) is 5.32. The Balaban J connectivity index is 1.96. The van der Waals surface area contributed by atoms with Crippen molar-refractivity contribution >= 4 is 15.8 Å². The number of carbonyl (C=O) groups excluding carboxylic acids is 1. The van der Waals surface area contributed by atoms with E-state index in [1.54, 1.807) is 0 Å². The van der Waals surface area contributed by atoms with Crippen molar-refractivity contribution in [3.05, 3.63) is 35.9 Å². The van der Waals surface area contributed by atoms with E-state index in [9.17, 15) is 13.2 Å². The predicted molar refractivity (Wildman–Crippen MR) is 80.9 cm³/mol. The summed E-state index contributed by atoms with van der Waals surface area (Å²) in [4.78, 5) is 11.9. The molecular weight excluding hydrogens is 290 g/mol. The van der Waals surface area contributed by atoms with Gasteiger partial charge in [0.25, 0.3) is 0 Å². The minimum Gasteiger partial charge on any atom is -0.469 e. The molecule has 1 heterocycles. The molecule has 116 valence electrons. The van der Waals surface area contributed by atoms with Crippen LogP contribution in [0.2, 0.25) is 0 Å². The molecule has 1 N–H and O–H groups in total. The summed E-state index contributed by atoms with van der Waals surface area (Å²) in [7, 11) is -1.48. The lowest BCUT2D eigenvalue weighted by Crippen LogP contribution is -2.40. The standard InChI is InChI=1S/C15H21NO4S/c1-20-15(17)14(12-5-3-2-4-6-12)11-16-13-7-9-21(18,19)10-8-13/h2-6,13-14,16H,7-11H2,1H3. The highest BCUT2D eigenvalue weighted by atomic mass is 32.2. The molecule has 0 amide bonds. The van der Waals surface area contributed by atoms with E-state index in [1.807, 2.05) is 30.3 Å². The Morgan fingerprint density at radius 1 is 1.29 bits per heavy atom. The van der Waals surface area contributed by atoms with Gasteiger partial charge in [-0.05, 0) is 18.4 Å². The van der Waals surface area contributed by atoms with Crippen LogP contribution in [-0.4, -0.2) is 45.6 Å². The largest absolute Gasteiger partial charge is 0.469 e. The van der Waals surface area contributed by atoms with Crippen molar-refractivity contribution in [3.63, 3.8) is 0 Å². The number of hydrogen-bond donors (Lipinski definition) is 1. The normalized spacial score (nSPS) is 19.9. The van der Waals surface area contributed by atoms with E-state index in [2.05, 4.69) is 5.32 Å². The van der Waals surface area contributed by atoms with E-state index in [0.717, 1.165) is 5.56 Å². The summed E-state index contributed by atoms with van der Waals surface area (Å²) in [6.45, 7) is 0.460. The Labute approximate surface area is 125 Å². The zero-order valence-corrected chi connectivity index (χ0v) is 12.9. The van der Waals surface area contributed by atoms with E-state index in [1.165, 1.54) is 7.11 Å². The summed E-state index contributed by atoms with van der Waals surface area (Å²) in [5.74, 6) is -0.204. The number of carbonyl (C=O) groups is 1. The predicted octanol–water partition coefficient (Wildman–Crippen LogP) is 1.11. The van der Waals surface area contributed by atoms with Crippen molar-refractivity contribution in [1.82, 2.24) is 5.32 Å². The van der Waals surface area contributed by atoms with Crippen LogP contribution < -0.4 is 5.32 Å². The fourth-order valence-corrected chi connectivity index (χ4v) is 4.03. The monoisotopic (exact) mass is 311 g/mol. The van der Waals surface area contributed by atoms with Crippen molar-refractivity contribution in [2.45, 2.75) is 24.8 Å². The summed E-state index contributed by atoms with van der Waals surface area (Å²) in [5.41, 5.74) is 0.903. The fraction of sp³-hybridized carbons (Fsp3) is 0.533. The second kappa shape index (κ2) is 7.04. The number of methoxy groups -OCH3 is 1. The Kier molecular flexibility index (Phi) is 5.36. The molecule has 1 aliphatic heterocycles. The number of hydrogen-bond acceptors (Lipinski definition) is 5. The van der Waals surface area contributed by atoms with Crippen LogP contribution in [0, 0.1) is 0 Å². The van der Waals surface area contributed by atoms with Crippen LogP contribution in [0.3, 0.4) is 0 Å². The maximum atomic E-state index is 11.9. The summed E-state index contributed by atoms with van der Waals surface area (Å²) >= 11 is 0. The maximum absolute atomic E-state index is 11.9. The average Bonchev–Trinajstić information content (AvgIpc) is 2.49. The van der Waals surface area contributed by atoms with Gasteiger partial charge in [-0.1, -0.05) is 30.3 Å². The quantitative estimate of drug-likeness (QED) is 0.825. The second-order valence-corrected chi connectivity index (χ2v) is 7.62. The third kappa shape index (κ3) is 4.54. The van der Waals surface area contributed by atoms with Crippen LogP contribution in [0.1, 0.15) is 24.3 Å². The summed E-state index contributed by atoms with van der Waals surface area (Å²) in [6, 6.07) is 9.61. The molecule has 0 aromatic heterocycles. The topological polar surface area (TPSA) is 72.5 Å². The van der Waals surface area contributed by atoms with Crippen LogP contribution in [0.4, 0.5) is 0 Å². The molecule has 1 aromatic carbocycles. The van der Waals surface area contributed by atoms with Crippen LogP contribution >= 0.6 is 0 Å². The molecule has 0 bridgehead atoms. The Morgan fingerprint density at radius 3 is 2.48 bits per heavy atom. The first-order chi connectivity index (χ1) is 10.0. The molecule has 1 fully saturated rings. The van der Waals surface area contributed by atoms with Gasteiger partial charge in [-0.15, -0.1) is 0 Å². The summed E-state index contributed by atoms with van der Waals surface area (Å²) < 4.78 is 27.7. The van der Waals surface area contributed by atoms with Gasteiger partial charge in [-0.25, -0.2) is 8.42 Å². The molecule has 0 saturated carbocycles. The van der Waals surface area contributed by atoms with Gasteiger partial charge >= 0.3 is 5.97 Å². The Bertz CT molecular complexity index is 557. The van der Waals surface area contributed by atoms with Crippen molar-refractivity contribution < 1.29 is 17.9 Å². The van der Waals surface area contributed by atoms with Gasteiger partial charge in [0.1, 0.15) is 9.84 Å². The van der Waals surface area contributed by atoms with E-state index < -0.39 is 9.84 Å². The van der Waals surface area contributed by atoms with Gasteiger partial charge in [0.15, 0.2) is 0 Å². The first-order valence-electron chi connectivity index (χ1n) is 7.08. The van der Waals surface area contributed by atoms with Crippen LogP contribution in [-0.2, 0) is 19.4 Å². The highest BCUT2D eigenvalue weighted by molar-refractivity contribution is 7.91. The molecule has 1 aromatic rings. The Morgan fingerprint density at radius 2 is 1.90 bits per heavy atom. The Hall–Kier alpha value is -1.40. The van der Waals surface area contributed by atoms with Gasteiger partial charge in [0.05, 0.1) is 24.5 Å². The molecule has 1 saturated heterocycles. The fourth-order valence-electron chi connectivity index (χ4n) is 2.54. The minimum absolute atomic E-state index is 0.143. The number of rotatable bonds is 5. The SMILES string of the molecule is COC(=O)C(CNC1CCS(=O)(=O)CC1)c1ccccc1. The highest BCUT2D eigenvalue weighted by Gasteiger charge is 2.26. The first kappa shape index (κ1) is 16.0. The number of benzene rings is 1. The van der Waals surface area contributed by atoms with Crippen molar-refractivity contribution in [3.8, 4) is 0 Å². The van der Waals surface area contributed by atoms with Gasteiger partial charge in [-0.2, -0.15) is 0 Å². The minimum atomic E-state index is -2.86. The van der Waals surface area contributed by atoms with E-state index >= 15 is 0 Å². The molecule has 1 unspecified atom stereocenters. The first-order valence-corrected chi connectivity index (χ1v) is 8.90. The van der Waals surface area contributed by atoms with Crippen molar-refractivity contribution in [1.29, 1.82) is 0 Å². The molecule has 21 heavy (non-hydrogen) atoms. The smallest absolute Gasteiger partial charge is 0.314 e. The number of sulfone groups is 1. The lowest BCUT2D eigenvalue weighted by Gasteiger charge is -2.25. The molecule has 6 heteroatoms. The third-order valence-electron chi connectivity index (χ3n) is 3.85. The van der Waals surface area contributed by atoms with Crippen LogP contribution in [0.25, 0.3) is 0 Å². The zero-order chi connectivity index (χ0) is 15.3. The molecule has 1 aliphatic rings. The maximum Gasteiger partial charge on any atom is 0.314 e. The van der Waals surface area contributed by atoms with Crippen molar-refractivity contribution in [2.24, 2.45) is 0 Å². The molecule has 2 rings (SSSR count). The molecule has 0 radical (unpaired) electrons. The third-order valence-corrected chi connectivity index (χ3v) is 5.57. The number of nitrogens with one attached hydrogen (secondary N) is 1. The molecule has 0 aliphatic carbocycles. The highest BCUT2D eigenvalue weighted by Crippen LogP contribution is 2.18. The lowest BCUT2D eigenvalue weighted by atomic mass is 9.98. The summed E-state index contributed by atoms with van der Waals surface area (Å²) in [5, 5.41) is 3.31. The van der Waals surface area contributed by atoms with E-state index in [-0.39, 0.29) is 29.4 Å². The van der Waals surface area contributed by atoms with Gasteiger partial charge < -0.3 is 10.1 Å². The molecule has 5 nitrogen and oxygen atoms in total. The molecule has 0 spiro atoms. The van der Waals surface area contributed by atoms with Gasteiger partial charge in [0.2, 0.25) is 0 Å². The zero-order valence-electron chi connectivity index (χ0n) is 12.1. The summed E-state index contributed by atoms with van der Waals surface area (Å²) in [6.07, 6.45) is 1.20. The van der Waals surface area contributed by atoms with Gasteiger partial charge in [-0.3, -0.25) is 4.79 Å². The number of esters is 1. The molecular formula is C15H21NO4S. The van der Waals surface area contributed by atoms with Gasteiger partial charge in [0, 0.05) is 12.6 Å². The van der Waals surface area contributed by atoms with Crippen LogP contribution in [0.5, 0.6) is 0 Å². The lowest BCUT2D eigenvalue weighted by molar-refractivity contribution is -0.142. The van der Waals surface area contributed by atoms with E-state index in [0.29, 0.717) is 19.4 Å². The average molecular weight is 311 g/mol.